The Kier molecular flexibility index (Phi) is 11.4. The van der Waals surface area contributed by atoms with Crippen molar-refractivity contribution in [2.75, 3.05) is 13.2 Å². The number of hydrogen-bond donors (Lipinski definition) is 2. The molecule has 2 N–H and O–H groups in total. The van der Waals surface area contributed by atoms with Gasteiger partial charge in [-0.3, -0.25) is 0 Å². The molecule has 0 heterocycles. The summed E-state index contributed by atoms with van der Waals surface area (Å²) in [5.74, 6) is -1.22. The van der Waals surface area contributed by atoms with Crippen LogP contribution in [0.25, 0.3) is 0 Å². The summed E-state index contributed by atoms with van der Waals surface area (Å²) in [5, 5.41) is 22.0. The molecule has 0 amide bonds. The number of carbonyl (C=O) groups excluding carboxylic acids is 2. The van der Waals surface area contributed by atoms with Crippen LogP contribution in [0.15, 0.2) is 24.3 Å². The maximum atomic E-state index is 12.4. The molecule has 0 bridgehead atoms. The molecular weight excluding hydrogens is 552 g/mol. The van der Waals surface area contributed by atoms with Crippen molar-refractivity contribution in [3.8, 4) is 11.5 Å². The molecule has 6 heteroatoms. The van der Waals surface area contributed by atoms with Gasteiger partial charge in [-0.25, -0.2) is 9.59 Å². The van der Waals surface area contributed by atoms with Crippen molar-refractivity contribution in [3.05, 3.63) is 57.6 Å². The van der Waals surface area contributed by atoms with E-state index in [-0.39, 0.29) is 46.7 Å². The molecule has 2 atom stereocenters. The van der Waals surface area contributed by atoms with Crippen molar-refractivity contribution in [3.63, 3.8) is 0 Å². The number of hydrogen-bond acceptors (Lipinski definition) is 6. The molecule has 0 spiro atoms. The summed E-state index contributed by atoms with van der Waals surface area (Å²) in [5.41, 5.74) is 4.72. The number of phenolic OH excluding ortho intramolecular Hbond substituents is 2. The normalized spacial score (nSPS) is 14.2. The predicted molar refractivity (Wildman–Crippen MR) is 179 cm³/mol. The number of ether oxygens (including phenoxy) is 2. The SMILES string of the molecule is C[C@@H](CCOC(=O)C(=O)OCC[C@H](C)c1cc(C(C)(C)C)c(O)c(C(C)(C)C)c1)c1cc(C(C)(C)C)c(O)c(C(C)(C)C)c1. The summed E-state index contributed by atoms with van der Waals surface area (Å²) in [7, 11) is 0. The molecule has 0 aliphatic rings. The van der Waals surface area contributed by atoms with E-state index in [1.807, 2.05) is 24.3 Å². The first-order valence-electron chi connectivity index (χ1n) is 15.9. The van der Waals surface area contributed by atoms with Crippen LogP contribution < -0.4 is 0 Å². The van der Waals surface area contributed by atoms with Crippen molar-refractivity contribution in [2.45, 2.75) is 143 Å². The third-order valence-corrected chi connectivity index (χ3v) is 8.37. The Labute approximate surface area is 266 Å². The summed E-state index contributed by atoms with van der Waals surface area (Å²) in [6.07, 6.45) is 1.06. The van der Waals surface area contributed by atoms with Crippen LogP contribution in [0.4, 0.5) is 0 Å². The molecule has 0 fully saturated rings. The minimum Gasteiger partial charge on any atom is -0.507 e. The highest BCUT2D eigenvalue weighted by molar-refractivity contribution is 6.29. The van der Waals surface area contributed by atoms with Gasteiger partial charge >= 0.3 is 11.9 Å². The lowest BCUT2D eigenvalue weighted by Crippen LogP contribution is -2.22. The number of carbonyl (C=O) groups is 2. The quantitative estimate of drug-likeness (QED) is 0.229. The van der Waals surface area contributed by atoms with Crippen molar-refractivity contribution in [1.29, 1.82) is 0 Å². The summed E-state index contributed by atoms with van der Waals surface area (Å²) in [4.78, 5) is 24.8. The summed E-state index contributed by atoms with van der Waals surface area (Å²) in [6.45, 7) is 29.2. The molecule has 0 aliphatic carbocycles. The van der Waals surface area contributed by atoms with Crippen LogP contribution in [-0.2, 0) is 40.7 Å². The molecule has 2 aromatic rings. The summed E-state index contributed by atoms with van der Waals surface area (Å²) >= 11 is 0. The zero-order valence-electron chi connectivity index (χ0n) is 29.8. The van der Waals surface area contributed by atoms with Gasteiger partial charge in [0.1, 0.15) is 11.5 Å². The van der Waals surface area contributed by atoms with Gasteiger partial charge in [0.2, 0.25) is 0 Å². The zero-order valence-corrected chi connectivity index (χ0v) is 29.8. The standard InChI is InChI=1S/C38H58O6/c1-23(25-19-27(35(3,4)5)31(39)28(20-25)36(6,7)8)15-17-43-33(41)34(42)44-18-16-24(2)26-21-29(37(9,10)11)32(40)30(22-26)38(12,13)14/h19-24,39-40H,15-18H2,1-14H3/t23-,24-/m0/s1. The third-order valence-electron chi connectivity index (χ3n) is 8.37. The van der Waals surface area contributed by atoms with Crippen molar-refractivity contribution in [2.24, 2.45) is 0 Å². The van der Waals surface area contributed by atoms with Gasteiger partial charge in [-0.15, -0.1) is 0 Å². The second-order valence-electron chi connectivity index (χ2n) is 16.6. The zero-order chi connectivity index (χ0) is 34.0. The van der Waals surface area contributed by atoms with Gasteiger partial charge in [0.05, 0.1) is 13.2 Å². The van der Waals surface area contributed by atoms with Gasteiger partial charge in [-0.05, 0) is 79.7 Å². The first-order valence-corrected chi connectivity index (χ1v) is 15.9. The Morgan fingerprint density at radius 2 is 0.773 bits per heavy atom. The van der Waals surface area contributed by atoms with Gasteiger partial charge in [0.25, 0.3) is 0 Å². The highest BCUT2D eigenvalue weighted by Gasteiger charge is 2.29. The van der Waals surface area contributed by atoms with E-state index in [0.717, 1.165) is 33.4 Å². The molecule has 0 aliphatic heterocycles. The first-order chi connectivity index (χ1) is 19.9. The highest BCUT2D eigenvalue weighted by Crippen LogP contribution is 2.43. The molecule has 0 unspecified atom stereocenters. The summed E-state index contributed by atoms with van der Waals surface area (Å²) in [6, 6.07) is 8.15. The van der Waals surface area contributed by atoms with Crippen molar-refractivity contribution < 1.29 is 29.3 Å². The molecule has 0 saturated heterocycles. The average molecular weight is 611 g/mol. The number of aromatic hydroxyl groups is 2. The van der Waals surface area contributed by atoms with E-state index in [2.05, 4.69) is 96.9 Å². The van der Waals surface area contributed by atoms with Crippen LogP contribution >= 0.6 is 0 Å². The lowest BCUT2D eigenvalue weighted by atomic mass is 9.77. The Hall–Kier alpha value is -3.02. The van der Waals surface area contributed by atoms with Crippen LogP contribution in [0.2, 0.25) is 0 Å². The second-order valence-corrected chi connectivity index (χ2v) is 16.6. The fraction of sp³-hybridized carbons (Fsp3) is 0.632. The first kappa shape index (κ1) is 37.2. The van der Waals surface area contributed by atoms with E-state index < -0.39 is 11.9 Å². The summed E-state index contributed by atoms with van der Waals surface area (Å²) < 4.78 is 10.6. The maximum Gasteiger partial charge on any atom is 0.417 e. The van der Waals surface area contributed by atoms with Gasteiger partial charge in [0.15, 0.2) is 0 Å². The van der Waals surface area contributed by atoms with Gasteiger partial charge in [0, 0.05) is 0 Å². The van der Waals surface area contributed by atoms with E-state index in [4.69, 9.17) is 9.47 Å². The monoisotopic (exact) mass is 610 g/mol. The Morgan fingerprint density at radius 1 is 0.545 bits per heavy atom. The molecular formula is C38H58O6. The third kappa shape index (κ3) is 9.49. The number of benzene rings is 2. The van der Waals surface area contributed by atoms with Crippen LogP contribution in [0.5, 0.6) is 11.5 Å². The second kappa shape index (κ2) is 13.5. The number of esters is 2. The molecule has 246 valence electrons. The molecule has 2 aromatic carbocycles. The maximum absolute atomic E-state index is 12.4. The van der Waals surface area contributed by atoms with E-state index in [1.165, 1.54) is 0 Å². The number of rotatable bonds is 8. The Morgan fingerprint density at radius 3 is 0.977 bits per heavy atom. The van der Waals surface area contributed by atoms with Crippen LogP contribution in [0.1, 0.15) is 155 Å². The van der Waals surface area contributed by atoms with Crippen LogP contribution in [0.3, 0.4) is 0 Å². The molecule has 0 aromatic heterocycles. The average Bonchev–Trinajstić information content (AvgIpc) is 2.85. The van der Waals surface area contributed by atoms with Crippen molar-refractivity contribution in [1.82, 2.24) is 0 Å². The van der Waals surface area contributed by atoms with Crippen LogP contribution in [-0.4, -0.2) is 35.4 Å². The number of phenols is 2. The Bertz CT molecular complexity index is 1150. The minimum atomic E-state index is -0.990. The van der Waals surface area contributed by atoms with Crippen molar-refractivity contribution >= 4 is 11.9 Å². The lowest BCUT2D eigenvalue weighted by Gasteiger charge is -2.29. The fourth-order valence-electron chi connectivity index (χ4n) is 5.28. The fourth-order valence-corrected chi connectivity index (χ4v) is 5.28. The molecule has 6 nitrogen and oxygen atoms in total. The van der Waals surface area contributed by atoms with E-state index in [9.17, 15) is 19.8 Å². The largest absolute Gasteiger partial charge is 0.507 e. The molecule has 44 heavy (non-hydrogen) atoms. The van der Waals surface area contributed by atoms with E-state index >= 15 is 0 Å². The highest BCUT2D eigenvalue weighted by atomic mass is 16.6. The lowest BCUT2D eigenvalue weighted by molar-refractivity contribution is -0.167. The van der Waals surface area contributed by atoms with E-state index in [0.29, 0.717) is 24.3 Å². The van der Waals surface area contributed by atoms with Gasteiger partial charge in [-0.1, -0.05) is 121 Å². The minimum absolute atomic E-state index is 0.0451. The van der Waals surface area contributed by atoms with Crippen LogP contribution in [0, 0.1) is 0 Å². The predicted octanol–water partition coefficient (Wildman–Crippen LogP) is 9.06. The molecule has 2 rings (SSSR count). The van der Waals surface area contributed by atoms with Gasteiger partial charge in [-0.2, -0.15) is 0 Å². The van der Waals surface area contributed by atoms with E-state index in [1.54, 1.807) is 0 Å². The molecule has 0 radical (unpaired) electrons. The Balaban J connectivity index is 2.01. The molecule has 0 saturated carbocycles. The topological polar surface area (TPSA) is 93.1 Å². The van der Waals surface area contributed by atoms with Gasteiger partial charge < -0.3 is 19.7 Å². The smallest absolute Gasteiger partial charge is 0.417 e.